The van der Waals surface area contributed by atoms with Gasteiger partial charge in [-0.15, -0.1) is 0 Å². The number of nitrogens with zero attached hydrogens (tertiary/aromatic N) is 4. The lowest BCUT2D eigenvalue weighted by atomic mass is 10.2. The molecule has 110 valence electrons. The number of fused-ring (bicyclic) bond motifs is 1. The highest BCUT2D eigenvalue weighted by Crippen LogP contribution is 2.23. The second-order valence-corrected chi connectivity index (χ2v) is 5.89. The molecule has 0 radical (unpaired) electrons. The molecular weight excluding hydrogens is 292 g/mol. The Morgan fingerprint density at radius 1 is 1.24 bits per heavy atom. The molecule has 0 fully saturated rings. The standard InChI is InChI=1S/C14H15ClN4O2/c1-9(2)7-18-14(21)19-12(16-18)8-17(13(19)20)11-5-3-10(15)4-6-11/h3-6,9H,7-8H2,1-2H3. The van der Waals surface area contributed by atoms with Crippen molar-refractivity contribution in [2.24, 2.45) is 5.92 Å². The Morgan fingerprint density at radius 2 is 1.90 bits per heavy atom. The van der Waals surface area contributed by atoms with Crippen LogP contribution in [-0.2, 0) is 13.1 Å². The number of benzene rings is 1. The van der Waals surface area contributed by atoms with Gasteiger partial charge in [0.25, 0.3) is 0 Å². The lowest BCUT2D eigenvalue weighted by Gasteiger charge is -2.14. The van der Waals surface area contributed by atoms with Gasteiger partial charge in [-0.1, -0.05) is 25.4 Å². The van der Waals surface area contributed by atoms with E-state index in [1.807, 2.05) is 13.8 Å². The molecule has 2 heterocycles. The second-order valence-electron chi connectivity index (χ2n) is 5.46. The number of amides is 1. The van der Waals surface area contributed by atoms with E-state index in [4.69, 9.17) is 11.6 Å². The van der Waals surface area contributed by atoms with Gasteiger partial charge in [-0.2, -0.15) is 9.67 Å². The first-order valence-corrected chi connectivity index (χ1v) is 7.11. The van der Waals surface area contributed by atoms with Gasteiger partial charge < -0.3 is 0 Å². The van der Waals surface area contributed by atoms with E-state index in [1.54, 1.807) is 24.3 Å². The highest BCUT2D eigenvalue weighted by atomic mass is 35.5. The summed E-state index contributed by atoms with van der Waals surface area (Å²) in [6.45, 7) is 4.80. The molecule has 1 aromatic heterocycles. The lowest BCUT2D eigenvalue weighted by Crippen LogP contribution is -2.35. The minimum atomic E-state index is -0.375. The number of anilines is 1. The molecule has 1 aromatic carbocycles. The SMILES string of the molecule is CC(C)Cn1nc2n(c1=O)C(=O)N(c1ccc(Cl)cc1)C2. The van der Waals surface area contributed by atoms with Crippen LogP contribution in [0.2, 0.25) is 5.02 Å². The third kappa shape index (κ3) is 2.35. The molecule has 1 aliphatic rings. The van der Waals surface area contributed by atoms with Gasteiger partial charge in [0, 0.05) is 17.3 Å². The van der Waals surface area contributed by atoms with E-state index in [-0.39, 0.29) is 11.7 Å². The smallest absolute Gasteiger partial charge is 0.286 e. The van der Waals surface area contributed by atoms with Gasteiger partial charge in [0.2, 0.25) is 0 Å². The minimum absolute atomic E-state index is 0.292. The second kappa shape index (κ2) is 5.04. The summed E-state index contributed by atoms with van der Waals surface area (Å²) in [5.74, 6) is 0.765. The van der Waals surface area contributed by atoms with Crippen LogP contribution >= 0.6 is 11.6 Å². The van der Waals surface area contributed by atoms with Crippen molar-refractivity contribution in [1.29, 1.82) is 0 Å². The summed E-state index contributed by atoms with van der Waals surface area (Å²) >= 11 is 5.84. The van der Waals surface area contributed by atoms with Crippen LogP contribution < -0.4 is 10.6 Å². The van der Waals surface area contributed by atoms with Crippen molar-refractivity contribution in [2.75, 3.05) is 4.90 Å². The van der Waals surface area contributed by atoms with E-state index in [2.05, 4.69) is 5.10 Å². The number of carbonyl (C=O) groups excluding carboxylic acids is 1. The Hall–Kier alpha value is -2.08. The van der Waals surface area contributed by atoms with E-state index >= 15 is 0 Å². The van der Waals surface area contributed by atoms with Crippen molar-refractivity contribution in [3.8, 4) is 0 Å². The quantitative estimate of drug-likeness (QED) is 0.874. The topological polar surface area (TPSA) is 60.1 Å². The molecule has 0 saturated carbocycles. The molecule has 0 N–H and O–H groups in total. The Bertz CT molecular complexity index is 745. The normalized spacial score (nSPS) is 14.1. The van der Waals surface area contributed by atoms with Crippen molar-refractivity contribution in [1.82, 2.24) is 14.3 Å². The van der Waals surface area contributed by atoms with Gasteiger partial charge in [-0.3, -0.25) is 4.90 Å². The van der Waals surface area contributed by atoms with Gasteiger partial charge in [0.05, 0.1) is 6.54 Å². The van der Waals surface area contributed by atoms with E-state index in [9.17, 15) is 9.59 Å². The summed E-state index contributed by atoms with van der Waals surface area (Å²) in [4.78, 5) is 26.2. The summed E-state index contributed by atoms with van der Waals surface area (Å²) in [5.41, 5.74) is 0.324. The van der Waals surface area contributed by atoms with Gasteiger partial charge in [-0.25, -0.2) is 14.3 Å². The highest BCUT2D eigenvalue weighted by Gasteiger charge is 2.33. The maximum absolute atomic E-state index is 12.4. The zero-order chi connectivity index (χ0) is 15.1. The number of carbonyl (C=O) groups is 1. The summed E-state index contributed by atoms with van der Waals surface area (Å²) in [6, 6.07) is 6.55. The predicted molar refractivity (Wildman–Crippen MR) is 79.8 cm³/mol. The van der Waals surface area contributed by atoms with Gasteiger partial charge >= 0.3 is 11.7 Å². The first kappa shape index (κ1) is 13.9. The molecule has 7 heteroatoms. The molecule has 6 nitrogen and oxygen atoms in total. The van der Waals surface area contributed by atoms with Crippen LogP contribution in [0.4, 0.5) is 10.5 Å². The Kier molecular flexibility index (Phi) is 3.33. The molecule has 21 heavy (non-hydrogen) atoms. The third-order valence-corrected chi connectivity index (χ3v) is 3.56. The van der Waals surface area contributed by atoms with E-state index in [0.717, 1.165) is 4.57 Å². The van der Waals surface area contributed by atoms with Crippen LogP contribution in [0.15, 0.2) is 29.1 Å². The molecule has 0 spiro atoms. The number of aromatic nitrogens is 3. The summed E-state index contributed by atoms with van der Waals surface area (Å²) in [6.07, 6.45) is 0. The largest absolute Gasteiger partial charge is 0.354 e. The molecule has 1 aliphatic heterocycles. The Balaban J connectivity index is 1.93. The van der Waals surface area contributed by atoms with Gasteiger partial charge in [0.15, 0.2) is 5.82 Å². The zero-order valence-electron chi connectivity index (χ0n) is 11.8. The maximum atomic E-state index is 12.4. The molecule has 0 aliphatic carbocycles. The monoisotopic (exact) mass is 306 g/mol. The van der Waals surface area contributed by atoms with Crippen LogP contribution in [-0.4, -0.2) is 20.4 Å². The van der Waals surface area contributed by atoms with Crippen LogP contribution in [0, 0.1) is 5.92 Å². The number of halogens is 1. The predicted octanol–water partition coefficient (Wildman–Crippen LogP) is 2.34. The summed E-state index contributed by atoms with van der Waals surface area (Å²) in [7, 11) is 0. The van der Waals surface area contributed by atoms with Crippen molar-refractivity contribution >= 4 is 23.3 Å². The number of rotatable bonds is 3. The summed E-state index contributed by atoms with van der Waals surface area (Å²) < 4.78 is 2.49. The van der Waals surface area contributed by atoms with Crippen molar-refractivity contribution in [2.45, 2.75) is 26.9 Å². The fourth-order valence-corrected chi connectivity index (χ4v) is 2.49. The van der Waals surface area contributed by atoms with E-state index in [0.29, 0.717) is 35.5 Å². The van der Waals surface area contributed by atoms with Crippen molar-refractivity contribution < 1.29 is 4.79 Å². The minimum Gasteiger partial charge on any atom is -0.286 e. The summed E-state index contributed by atoms with van der Waals surface area (Å²) in [5, 5.41) is 4.85. The van der Waals surface area contributed by atoms with E-state index < -0.39 is 0 Å². The fourth-order valence-electron chi connectivity index (χ4n) is 2.36. The Labute approximate surface area is 126 Å². The van der Waals surface area contributed by atoms with Crippen LogP contribution in [0.3, 0.4) is 0 Å². The molecule has 2 aromatic rings. The lowest BCUT2D eigenvalue weighted by molar-refractivity contribution is 0.249. The van der Waals surface area contributed by atoms with Crippen molar-refractivity contribution in [3.05, 3.63) is 45.6 Å². The maximum Gasteiger partial charge on any atom is 0.354 e. The van der Waals surface area contributed by atoms with Gasteiger partial charge in [-0.05, 0) is 30.2 Å². The van der Waals surface area contributed by atoms with Crippen LogP contribution in [0.1, 0.15) is 19.7 Å². The fraction of sp³-hybridized carbons (Fsp3) is 0.357. The third-order valence-electron chi connectivity index (χ3n) is 3.30. The molecule has 0 atom stereocenters. The average Bonchev–Trinajstić information content (AvgIpc) is 2.89. The Morgan fingerprint density at radius 3 is 2.48 bits per heavy atom. The molecule has 0 unspecified atom stereocenters. The van der Waals surface area contributed by atoms with E-state index in [1.165, 1.54) is 9.58 Å². The molecule has 0 bridgehead atoms. The number of hydrogen-bond acceptors (Lipinski definition) is 3. The molecule has 3 rings (SSSR count). The average molecular weight is 307 g/mol. The first-order chi connectivity index (χ1) is 9.97. The first-order valence-electron chi connectivity index (χ1n) is 6.73. The highest BCUT2D eigenvalue weighted by molar-refractivity contribution is 6.30. The van der Waals surface area contributed by atoms with Crippen molar-refractivity contribution in [3.63, 3.8) is 0 Å². The van der Waals surface area contributed by atoms with Gasteiger partial charge in [0.1, 0.15) is 0 Å². The molecule has 0 saturated heterocycles. The van der Waals surface area contributed by atoms with Crippen LogP contribution in [0.5, 0.6) is 0 Å². The zero-order valence-corrected chi connectivity index (χ0v) is 12.5. The molecular formula is C14H15ClN4O2. The van der Waals surface area contributed by atoms with Crippen LogP contribution in [0.25, 0.3) is 0 Å². The number of hydrogen-bond donors (Lipinski definition) is 0. The molecule has 1 amide bonds.